The Labute approximate surface area is 128 Å². The molecular formula is C14H23NO7. The second-order valence-corrected chi connectivity index (χ2v) is 6.44. The normalized spacial score (nSPS) is 55.5. The Kier molecular flexibility index (Phi) is 4.05. The first-order chi connectivity index (χ1) is 10.3. The number of fused-ring (bicyclic) bond motifs is 2. The smallest absolute Gasteiger partial charge is 0.280 e. The zero-order valence-electron chi connectivity index (χ0n) is 12.8. The third-order valence-electron chi connectivity index (χ3n) is 4.93. The molecule has 3 rings (SSSR count). The van der Waals surface area contributed by atoms with Crippen LogP contribution in [0.25, 0.3) is 0 Å². The summed E-state index contributed by atoms with van der Waals surface area (Å²) in [7, 11) is 1.63. The van der Waals surface area contributed by atoms with Crippen molar-refractivity contribution in [3.05, 3.63) is 0 Å². The highest BCUT2D eigenvalue weighted by Gasteiger charge is 2.62. The summed E-state index contributed by atoms with van der Waals surface area (Å²) in [5.74, 6) is -3.14. The fourth-order valence-corrected chi connectivity index (χ4v) is 3.58. The van der Waals surface area contributed by atoms with Crippen molar-refractivity contribution in [2.24, 2.45) is 5.92 Å². The van der Waals surface area contributed by atoms with Crippen molar-refractivity contribution in [1.82, 2.24) is 5.32 Å². The van der Waals surface area contributed by atoms with Crippen molar-refractivity contribution >= 4 is 5.78 Å². The average Bonchev–Trinajstić information content (AvgIpc) is 2.46. The lowest BCUT2D eigenvalue weighted by Gasteiger charge is -2.55. The molecule has 1 saturated carbocycles. The van der Waals surface area contributed by atoms with E-state index in [1.165, 1.54) is 0 Å². The van der Waals surface area contributed by atoms with E-state index in [1.54, 1.807) is 20.9 Å². The third-order valence-corrected chi connectivity index (χ3v) is 4.93. The van der Waals surface area contributed by atoms with Crippen molar-refractivity contribution in [2.75, 3.05) is 7.05 Å². The van der Waals surface area contributed by atoms with E-state index in [9.17, 15) is 20.1 Å². The summed E-state index contributed by atoms with van der Waals surface area (Å²) in [6.45, 7) is 3.43. The van der Waals surface area contributed by atoms with Crippen molar-refractivity contribution in [3.8, 4) is 0 Å². The number of nitrogens with one attached hydrogen (secondary N) is 1. The van der Waals surface area contributed by atoms with Gasteiger partial charge in [0.1, 0.15) is 12.2 Å². The van der Waals surface area contributed by atoms with Gasteiger partial charge in [0.2, 0.25) is 6.29 Å². The van der Waals surface area contributed by atoms with Gasteiger partial charge in [0.15, 0.2) is 5.78 Å². The van der Waals surface area contributed by atoms with Gasteiger partial charge in [-0.05, 0) is 14.0 Å². The molecule has 0 spiro atoms. The van der Waals surface area contributed by atoms with Gasteiger partial charge < -0.3 is 34.8 Å². The van der Waals surface area contributed by atoms with Gasteiger partial charge in [0.05, 0.1) is 24.4 Å². The number of ether oxygens (including phenoxy) is 3. The zero-order valence-corrected chi connectivity index (χ0v) is 12.8. The van der Waals surface area contributed by atoms with E-state index in [1.807, 2.05) is 0 Å². The molecule has 2 aliphatic heterocycles. The van der Waals surface area contributed by atoms with Gasteiger partial charge in [0, 0.05) is 12.3 Å². The number of rotatable bonds is 1. The summed E-state index contributed by atoms with van der Waals surface area (Å²) >= 11 is 0. The Morgan fingerprint density at radius 3 is 2.50 bits per heavy atom. The second kappa shape index (κ2) is 5.48. The van der Waals surface area contributed by atoms with Crippen LogP contribution in [0.3, 0.4) is 0 Å². The first kappa shape index (κ1) is 16.3. The summed E-state index contributed by atoms with van der Waals surface area (Å²) in [5.41, 5.74) is 0. The number of hydrogen-bond acceptors (Lipinski definition) is 8. The Morgan fingerprint density at radius 2 is 1.86 bits per heavy atom. The number of carbonyl (C=O) groups is 1. The van der Waals surface area contributed by atoms with Crippen molar-refractivity contribution in [2.45, 2.75) is 68.9 Å². The monoisotopic (exact) mass is 317 g/mol. The minimum Gasteiger partial charge on any atom is -0.391 e. The van der Waals surface area contributed by atoms with Crippen LogP contribution < -0.4 is 5.32 Å². The lowest BCUT2D eigenvalue weighted by Crippen LogP contribution is -2.74. The molecule has 2 saturated heterocycles. The van der Waals surface area contributed by atoms with E-state index in [4.69, 9.17) is 14.2 Å². The van der Waals surface area contributed by atoms with Crippen LogP contribution in [-0.4, -0.2) is 76.8 Å². The molecule has 2 heterocycles. The standard InChI is InChI=1S/C14H23NO7/c1-5-4-7(16)14(19)13(20-5)21-12-10(18)8(15-3)9(17)6(2)11(12)22-14/h5-6,8-13,15,17-19H,4H2,1-3H3/t5-,6+,8-,9-,10+,11?,12?,13?,14+/m1/s1. The highest BCUT2D eigenvalue weighted by atomic mass is 16.8. The van der Waals surface area contributed by atoms with Gasteiger partial charge in [-0.3, -0.25) is 4.79 Å². The van der Waals surface area contributed by atoms with E-state index >= 15 is 0 Å². The number of aliphatic hydroxyl groups is 3. The summed E-state index contributed by atoms with van der Waals surface area (Å²) in [5, 5.41) is 34.1. The van der Waals surface area contributed by atoms with Crippen LogP contribution in [0.5, 0.6) is 0 Å². The molecule has 0 amide bonds. The predicted octanol–water partition coefficient (Wildman–Crippen LogP) is -1.88. The Balaban J connectivity index is 1.90. The van der Waals surface area contributed by atoms with E-state index in [-0.39, 0.29) is 6.42 Å². The van der Waals surface area contributed by atoms with Crippen LogP contribution in [0.2, 0.25) is 0 Å². The van der Waals surface area contributed by atoms with Gasteiger partial charge in [-0.15, -0.1) is 0 Å². The largest absolute Gasteiger partial charge is 0.391 e. The van der Waals surface area contributed by atoms with E-state index < -0.39 is 60.3 Å². The molecule has 22 heavy (non-hydrogen) atoms. The highest BCUT2D eigenvalue weighted by Crippen LogP contribution is 2.41. The molecule has 3 unspecified atom stereocenters. The number of ketones is 1. The van der Waals surface area contributed by atoms with E-state index in [2.05, 4.69) is 5.32 Å². The lowest BCUT2D eigenvalue weighted by molar-refractivity contribution is -0.423. The Hall–Kier alpha value is -0.610. The molecule has 9 atom stereocenters. The molecule has 3 aliphatic rings. The predicted molar refractivity (Wildman–Crippen MR) is 72.7 cm³/mol. The van der Waals surface area contributed by atoms with Crippen LogP contribution >= 0.6 is 0 Å². The number of hydrogen-bond donors (Lipinski definition) is 4. The summed E-state index contributed by atoms with van der Waals surface area (Å²) < 4.78 is 16.8. The van der Waals surface area contributed by atoms with Gasteiger partial charge in [-0.1, -0.05) is 6.92 Å². The summed E-state index contributed by atoms with van der Waals surface area (Å²) in [6.07, 6.45) is -5.23. The van der Waals surface area contributed by atoms with Gasteiger partial charge in [-0.25, -0.2) is 0 Å². The van der Waals surface area contributed by atoms with Crippen molar-refractivity contribution in [1.29, 1.82) is 0 Å². The molecule has 8 heteroatoms. The first-order valence-corrected chi connectivity index (χ1v) is 7.57. The summed E-state index contributed by atoms with van der Waals surface area (Å²) in [6, 6.07) is -0.595. The summed E-state index contributed by atoms with van der Waals surface area (Å²) in [4.78, 5) is 12.2. The fourth-order valence-electron chi connectivity index (χ4n) is 3.58. The van der Waals surface area contributed by atoms with Crippen LogP contribution in [0.15, 0.2) is 0 Å². The maximum absolute atomic E-state index is 12.2. The Bertz CT molecular complexity index is 460. The fraction of sp³-hybridized carbons (Fsp3) is 0.929. The highest BCUT2D eigenvalue weighted by molar-refractivity contribution is 5.87. The maximum atomic E-state index is 12.2. The molecule has 0 aromatic rings. The van der Waals surface area contributed by atoms with E-state index in [0.717, 1.165) is 0 Å². The quantitative estimate of drug-likeness (QED) is 0.444. The van der Waals surface area contributed by atoms with Crippen molar-refractivity contribution in [3.63, 3.8) is 0 Å². The zero-order chi connectivity index (χ0) is 16.2. The number of Topliss-reactive ketones (excluding diaryl/α,β-unsaturated/α-hetero) is 1. The molecule has 8 nitrogen and oxygen atoms in total. The molecule has 0 radical (unpaired) electrons. The van der Waals surface area contributed by atoms with Crippen LogP contribution in [0.4, 0.5) is 0 Å². The van der Waals surface area contributed by atoms with Gasteiger partial charge in [-0.2, -0.15) is 0 Å². The molecular weight excluding hydrogens is 294 g/mol. The average molecular weight is 317 g/mol. The molecule has 0 bridgehead atoms. The molecule has 1 aliphatic carbocycles. The molecule has 0 aromatic heterocycles. The minimum atomic E-state index is -2.19. The second-order valence-electron chi connectivity index (χ2n) is 6.44. The number of aliphatic hydroxyl groups excluding tert-OH is 2. The van der Waals surface area contributed by atoms with Crippen molar-refractivity contribution < 1.29 is 34.3 Å². The molecule has 126 valence electrons. The lowest BCUT2D eigenvalue weighted by atomic mass is 9.77. The molecule has 4 N–H and O–H groups in total. The van der Waals surface area contributed by atoms with Gasteiger partial charge in [0.25, 0.3) is 5.79 Å². The topological polar surface area (TPSA) is 117 Å². The Morgan fingerprint density at radius 1 is 1.18 bits per heavy atom. The van der Waals surface area contributed by atoms with Crippen LogP contribution in [0, 0.1) is 5.92 Å². The van der Waals surface area contributed by atoms with E-state index in [0.29, 0.717) is 0 Å². The molecule has 3 fully saturated rings. The maximum Gasteiger partial charge on any atom is 0.280 e. The van der Waals surface area contributed by atoms with Gasteiger partial charge >= 0.3 is 0 Å². The molecule has 0 aromatic carbocycles. The minimum absolute atomic E-state index is 0.0202. The van der Waals surface area contributed by atoms with Crippen LogP contribution in [0.1, 0.15) is 20.3 Å². The SMILES string of the molecule is CN[C@@H]1[C@H](O)[C@H](C)C2O[C@@]3(O)C(=O)C[C@@H](C)OC3OC2[C@H]1O. The number of likely N-dealkylation sites (N-methyl/N-ethyl adjacent to an activating group) is 1. The van der Waals surface area contributed by atoms with Crippen LogP contribution in [-0.2, 0) is 19.0 Å². The first-order valence-electron chi connectivity index (χ1n) is 7.57. The number of carbonyl (C=O) groups excluding carboxylic acids is 1. The third kappa shape index (κ3) is 2.22.